The van der Waals surface area contributed by atoms with Gasteiger partial charge in [0.05, 0.1) is 0 Å². The highest BCUT2D eigenvalue weighted by Gasteiger charge is 2.26. The maximum Gasteiger partial charge on any atom is 0.268 e. The normalized spacial score (nSPS) is 13.8. The Morgan fingerprint density at radius 2 is 1.55 bits per heavy atom. The second kappa shape index (κ2) is 9.47. The molecule has 1 atom stereocenters. The van der Waals surface area contributed by atoms with Gasteiger partial charge < -0.3 is 15.0 Å². The fourth-order valence-corrected chi connectivity index (χ4v) is 3.33. The van der Waals surface area contributed by atoms with Crippen LogP contribution in [0.4, 0.5) is 0 Å². The smallest absolute Gasteiger partial charge is 0.268 e. The maximum absolute atomic E-state index is 13.3. The number of carbonyl (C=O) groups excluding carboxylic acids is 2. The van der Waals surface area contributed by atoms with Crippen LogP contribution in [0, 0.1) is 0 Å². The van der Waals surface area contributed by atoms with Crippen molar-refractivity contribution in [3.05, 3.63) is 102 Å². The molecule has 0 bridgehead atoms. The topological polar surface area (TPSA) is 58.6 Å². The van der Waals surface area contributed by atoms with Crippen LogP contribution in [0.1, 0.15) is 40.4 Å². The molecular formula is C26H26N2O3. The first kappa shape index (κ1) is 20.7. The molecule has 5 nitrogen and oxygen atoms in total. The predicted octanol–water partition coefficient (Wildman–Crippen LogP) is 4.36. The van der Waals surface area contributed by atoms with Crippen molar-refractivity contribution in [1.29, 1.82) is 0 Å². The molecule has 1 saturated carbocycles. The van der Waals surface area contributed by atoms with Gasteiger partial charge in [-0.05, 0) is 42.7 Å². The van der Waals surface area contributed by atoms with Crippen LogP contribution in [0.3, 0.4) is 0 Å². The zero-order chi connectivity index (χ0) is 21.6. The molecule has 1 aliphatic rings. The van der Waals surface area contributed by atoms with E-state index >= 15 is 0 Å². The second-order valence-corrected chi connectivity index (χ2v) is 7.86. The number of nitrogens with zero attached hydrogens (tertiary/aromatic N) is 1. The third kappa shape index (κ3) is 5.51. The van der Waals surface area contributed by atoms with Gasteiger partial charge in [-0.1, -0.05) is 60.7 Å². The number of benzene rings is 3. The zero-order valence-electron chi connectivity index (χ0n) is 17.5. The van der Waals surface area contributed by atoms with E-state index < -0.39 is 6.10 Å². The summed E-state index contributed by atoms with van der Waals surface area (Å²) in [6.45, 7) is 0.421. The Bertz CT molecular complexity index is 1020. The van der Waals surface area contributed by atoms with Crippen molar-refractivity contribution < 1.29 is 14.3 Å². The molecule has 0 saturated heterocycles. The molecule has 0 unspecified atom stereocenters. The number of carbonyl (C=O) groups is 2. The van der Waals surface area contributed by atoms with E-state index in [1.807, 2.05) is 72.8 Å². The van der Waals surface area contributed by atoms with Crippen molar-refractivity contribution >= 4 is 11.8 Å². The Labute approximate surface area is 182 Å². The van der Waals surface area contributed by atoms with Gasteiger partial charge in [-0.3, -0.25) is 9.59 Å². The molecule has 0 heterocycles. The Balaban J connectivity index is 1.45. The van der Waals surface area contributed by atoms with Crippen molar-refractivity contribution in [2.45, 2.75) is 31.5 Å². The van der Waals surface area contributed by atoms with Crippen LogP contribution in [0.15, 0.2) is 84.9 Å². The van der Waals surface area contributed by atoms with Crippen molar-refractivity contribution in [1.82, 2.24) is 10.2 Å². The maximum atomic E-state index is 13.3. The van der Waals surface area contributed by atoms with Crippen LogP contribution >= 0.6 is 0 Å². The highest BCUT2D eigenvalue weighted by molar-refractivity contribution is 5.94. The van der Waals surface area contributed by atoms with Crippen LogP contribution < -0.4 is 10.1 Å². The number of hydrogen-bond donors (Lipinski definition) is 1. The van der Waals surface area contributed by atoms with Crippen molar-refractivity contribution in [3.8, 4) is 5.75 Å². The highest BCUT2D eigenvalue weighted by Crippen LogP contribution is 2.24. The van der Waals surface area contributed by atoms with Crippen molar-refractivity contribution in [2.75, 3.05) is 7.05 Å². The van der Waals surface area contributed by atoms with E-state index in [-0.39, 0.29) is 11.8 Å². The first-order chi connectivity index (χ1) is 15.1. The van der Waals surface area contributed by atoms with E-state index in [9.17, 15) is 9.59 Å². The first-order valence-corrected chi connectivity index (χ1v) is 10.5. The monoisotopic (exact) mass is 414 g/mol. The van der Waals surface area contributed by atoms with Crippen LogP contribution in [-0.4, -0.2) is 29.8 Å². The molecule has 0 aromatic heterocycles. The van der Waals surface area contributed by atoms with Crippen LogP contribution in [-0.2, 0) is 11.3 Å². The van der Waals surface area contributed by atoms with E-state index in [0.29, 0.717) is 23.9 Å². The molecule has 0 aliphatic heterocycles. The summed E-state index contributed by atoms with van der Waals surface area (Å²) < 4.78 is 6.07. The standard InChI is InChI=1S/C26H26N2O3/c1-28(18-19-12-14-21(15-13-19)25(29)27-22-16-17-22)26(30)24(20-8-4-2-5-9-20)31-23-10-6-3-7-11-23/h2-15,22,24H,16-18H2,1H3,(H,27,29)/t24-/m1/s1. The molecule has 0 spiro atoms. The summed E-state index contributed by atoms with van der Waals surface area (Å²) in [5, 5.41) is 2.98. The van der Waals surface area contributed by atoms with Gasteiger partial charge in [-0.25, -0.2) is 0 Å². The van der Waals surface area contributed by atoms with Gasteiger partial charge in [0.25, 0.3) is 11.8 Å². The average Bonchev–Trinajstić information content (AvgIpc) is 3.62. The summed E-state index contributed by atoms with van der Waals surface area (Å²) in [6, 6.07) is 26.6. The molecular weight excluding hydrogens is 388 g/mol. The van der Waals surface area contributed by atoms with Gasteiger partial charge in [0, 0.05) is 30.8 Å². The average molecular weight is 415 g/mol. The predicted molar refractivity (Wildman–Crippen MR) is 120 cm³/mol. The minimum atomic E-state index is -0.739. The number of likely N-dealkylation sites (N-methyl/N-ethyl adjacent to an activating group) is 1. The summed E-state index contributed by atoms with van der Waals surface area (Å²) >= 11 is 0. The minimum Gasteiger partial charge on any atom is -0.476 e. The molecule has 31 heavy (non-hydrogen) atoms. The molecule has 3 aromatic rings. The molecule has 1 aliphatic carbocycles. The SMILES string of the molecule is CN(Cc1ccc(C(=O)NC2CC2)cc1)C(=O)[C@H](Oc1ccccc1)c1ccccc1. The lowest BCUT2D eigenvalue weighted by Crippen LogP contribution is -2.34. The molecule has 5 heteroatoms. The van der Waals surface area contributed by atoms with Gasteiger partial charge in [0.1, 0.15) is 5.75 Å². The number of nitrogens with one attached hydrogen (secondary N) is 1. The third-order valence-corrected chi connectivity index (χ3v) is 5.25. The lowest BCUT2D eigenvalue weighted by atomic mass is 10.1. The molecule has 2 amide bonds. The van der Waals surface area contributed by atoms with Gasteiger partial charge in [0.15, 0.2) is 0 Å². The number of hydrogen-bond acceptors (Lipinski definition) is 3. The summed E-state index contributed by atoms with van der Waals surface area (Å²) in [7, 11) is 1.76. The van der Waals surface area contributed by atoms with E-state index in [2.05, 4.69) is 5.32 Å². The third-order valence-electron chi connectivity index (χ3n) is 5.25. The Morgan fingerprint density at radius 1 is 0.935 bits per heavy atom. The quantitative estimate of drug-likeness (QED) is 0.596. The van der Waals surface area contributed by atoms with Gasteiger partial charge in [-0.2, -0.15) is 0 Å². The number of amides is 2. The largest absolute Gasteiger partial charge is 0.476 e. The molecule has 1 N–H and O–H groups in total. The zero-order valence-corrected chi connectivity index (χ0v) is 17.5. The lowest BCUT2D eigenvalue weighted by Gasteiger charge is -2.25. The Kier molecular flexibility index (Phi) is 6.32. The highest BCUT2D eigenvalue weighted by atomic mass is 16.5. The molecule has 0 radical (unpaired) electrons. The Hall–Kier alpha value is -3.60. The Morgan fingerprint density at radius 3 is 2.16 bits per heavy atom. The molecule has 1 fully saturated rings. The lowest BCUT2D eigenvalue weighted by molar-refractivity contribution is -0.138. The molecule has 4 rings (SSSR count). The summed E-state index contributed by atoms with van der Waals surface area (Å²) in [5.74, 6) is 0.466. The van der Waals surface area contributed by atoms with E-state index in [0.717, 1.165) is 24.0 Å². The van der Waals surface area contributed by atoms with Gasteiger partial charge >= 0.3 is 0 Å². The molecule has 158 valence electrons. The fourth-order valence-electron chi connectivity index (χ4n) is 3.33. The van der Waals surface area contributed by atoms with Gasteiger partial charge in [-0.15, -0.1) is 0 Å². The number of ether oxygens (including phenoxy) is 1. The minimum absolute atomic E-state index is 0.0427. The van der Waals surface area contributed by atoms with Crippen molar-refractivity contribution in [2.24, 2.45) is 0 Å². The van der Waals surface area contributed by atoms with Crippen LogP contribution in [0.2, 0.25) is 0 Å². The van der Waals surface area contributed by atoms with Gasteiger partial charge in [0.2, 0.25) is 6.10 Å². The van der Waals surface area contributed by atoms with Crippen LogP contribution in [0.5, 0.6) is 5.75 Å². The fraction of sp³-hybridized carbons (Fsp3) is 0.231. The number of para-hydroxylation sites is 1. The summed E-state index contributed by atoms with van der Waals surface area (Å²) in [4.78, 5) is 27.1. The summed E-state index contributed by atoms with van der Waals surface area (Å²) in [6.07, 6.45) is 1.38. The molecule has 3 aromatic carbocycles. The number of rotatable bonds is 8. The van der Waals surface area contributed by atoms with Crippen LogP contribution in [0.25, 0.3) is 0 Å². The first-order valence-electron chi connectivity index (χ1n) is 10.5. The summed E-state index contributed by atoms with van der Waals surface area (Å²) in [5.41, 5.74) is 2.39. The van der Waals surface area contributed by atoms with E-state index in [1.54, 1.807) is 24.1 Å². The second-order valence-electron chi connectivity index (χ2n) is 7.86. The van der Waals surface area contributed by atoms with E-state index in [4.69, 9.17) is 4.74 Å². The van der Waals surface area contributed by atoms with Crippen molar-refractivity contribution in [3.63, 3.8) is 0 Å². The van der Waals surface area contributed by atoms with E-state index in [1.165, 1.54) is 0 Å².